The molecule has 1 aromatic rings. The number of carbonyl (C=O) groups excluding carboxylic acids is 2. The Labute approximate surface area is 172 Å². The number of hydrogen-bond donors (Lipinski definition) is 0. The third-order valence-electron chi connectivity index (χ3n) is 6.60. The zero-order valence-corrected chi connectivity index (χ0v) is 17.5. The predicted octanol–water partition coefficient (Wildman–Crippen LogP) is 2.59. The molecule has 0 unspecified atom stereocenters. The number of nitrogens with zero attached hydrogens (tertiary/aromatic N) is 3. The lowest BCUT2D eigenvalue weighted by atomic mass is 9.75. The number of ether oxygens (including phenoxy) is 2. The van der Waals surface area contributed by atoms with E-state index in [9.17, 15) is 9.59 Å². The Hall–Kier alpha value is -2.15. The molecule has 0 N–H and O–H groups in total. The highest BCUT2D eigenvalue weighted by Gasteiger charge is 2.49. The number of amides is 1. The van der Waals surface area contributed by atoms with Crippen molar-refractivity contribution >= 4 is 11.9 Å². The van der Waals surface area contributed by atoms with E-state index >= 15 is 0 Å². The topological polar surface area (TPSA) is 72.0 Å². The van der Waals surface area contributed by atoms with Gasteiger partial charge in [-0.2, -0.15) is 0 Å². The van der Waals surface area contributed by atoms with E-state index in [2.05, 4.69) is 9.88 Å². The van der Waals surface area contributed by atoms with Crippen molar-refractivity contribution in [3.63, 3.8) is 0 Å². The van der Waals surface area contributed by atoms with Gasteiger partial charge in [-0.25, -0.2) is 9.78 Å². The van der Waals surface area contributed by atoms with Crippen LogP contribution in [0.3, 0.4) is 0 Å². The van der Waals surface area contributed by atoms with Gasteiger partial charge in [0.05, 0.1) is 6.61 Å². The van der Waals surface area contributed by atoms with Crippen molar-refractivity contribution < 1.29 is 19.1 Å². The first-order valence-electron chi connectivity index (χ1n) is 10.9. The minimum Gasteiger partial charge on any atom is -0.478 e. The van der Waals surface area contributed by atoms with Crippen molar-refractivity contribution in [1.29, 1.82) is 0 Å². The molecule has 4 rings (SSSR count). The van der Waals surface area contributed by atoms with Crippen LogP contribution in [0.5, 0.6) is 5.88 Å². The van der Waals surface area contributed by atoms with Crippen LogP contribution < -0.4 is 4.74 Å². The third kappa shape index (κ3) is 3.97. The van der Waals surface area contributed by atoms with E-state index in [-0.39, 0.29) is 17.8 Å². The fourth-order valence-electron chi connectivity index (χ4n) is 4.90. The maximum atomic E-state index is 12.9. The van der Waals surface area contributed by atoms with E-state index in [1.807, 2.05) is 24.9 Å². The van der Waals surface area contributed by atoms with E-state index < -0.39 is 5.60 Å². The Kier molecular flexibility index (Phi) is 5.76. The summed E-state index contributed by atoms with van der Waals surface area (Å²) < 4.78 is 11.2. The maximum Gasteiger partial charge on any atom is 0.358 e. The normalized spacial score (nSPS) is 26.4. The molecule has 1 saturated heterocycles. The molecule has 1 aliphatic carbocycles. The Morgan fingerprint density at radius 2 is 2.03 bits per heavy atom. The van der Waals surface area contributed by atoms with E-state index in [4.69, 9.17) is 9.47 Å². The number of esters is 1. The van der Waals surface area contributed by atoms with E-state index in [0.29, 0.717) is 31.0 Å². The summed E-state index contributed by atoms with van der Waals surface area (Å²) in [5.74, 6) is 0.286. The van der Waals surface area contributed by atoms with Crippen LogP contribution in [0.2, 0.25) is 0 Å². The average molecular weight is 402 g/mol. The number of pyridine rings is 1. The molecule has 7 nitrogen and oxygen atoms in total. The lowest BCUT2D eigenvalue weighted by Gasteiger charge is -2.37. The number of fused-ring (bicyclic) bond motifs is 2. The Bertz CT molecular complexity index is 767. The number of likely N-dealkylation sites (N-methyl/N-ethyl adjacent to an activating group) is 1. The zero-order chi connectivity index (χ0) is 20.4. The van der Waals surface area contributed by atoms with Crippen LogP contribution in [0.15, 0.2) is 12.1 Å². The van der Waals surface area contributed by atoms with Crippen LogP contribution in [0.25, 0.3) is 0 Å². The summed E-state index contributed by atoms with van der Waals surface area (Å²) in [5, 5.41) is 0. The Morgan fingerprint density at radius 1 is 1.31 bits per heavy atom. The summed E-state index contributed by atoms with van der Waals surface area (Å²) >= 11 is 0. The number of carbonyl (C=O) groups is 2. The quantitative estimate of drug-likeness (QED) is 0.683. The van der Waals surface area contributed by atoms with Gasteiger partial charge in [0.15, 0.2) is 5.69 Å². The fraction of sp³-hybridized carbons (Fsp3) is 0.682. The smallest absolute Gasteiger partial charge is 0.358 e. The van der Waals surface area contributed by atoms with Crippen LogP contribution >= 0.6 is 0 Å². The van der Waals surface area contributed by atoms with Crippen molar-refractivity contribution in [2.45, 2.75) is 51.0 Å². The van der Waals surface area contributed by atoms with Crippen molar-refractivity contribution in [3.05, 3.63) is 23.4 Å². The molecule has 1 saturated carbocycles. The molecule has 3 aliphatic rings. The lowest BCUT2D eigenvalue weighted by molar-refractivity contribution is -0.137. The van der Waals surface area contributed by atoms with Gasteiger partial charge in [0.2, 0.25) is 11.8 Å². The first-order valence-corrected chi connectivity index (χ1v) is 10.9. The molecular weight excluding hydrogens is 370 g/mol. The van der Waals surface area contributed by atoms with Gasteiger partial charge in [-0.3, -0.25) is 4.79 Å². The van der Waals surface area contributed by atoms with Gasteiger partial charge in [0, 0.05) is 37.7 Å². The van der Waals surface area contributed by atoms with Crippen molar-refractivity contribution in [3.8, 4) is 5.88 Å². The molecule has 1 aromatic heterocycles. The summed E-state index contributed by atoms with van der Waals surface area (Å²) in [7, 11) is 1.91. The second kappa shape index (κ2) is 8.30. The van der Waals surface area contributed by atoms with Gasteiger partial charge < -0.3 is 19.3 Å². The highest BCUT2D eigenvalue weighted by Crippen LogP contribution is 2.48. The van der Waals surface area contributed by atoms with Crippen molar-refractivity contribution in [2.75, 3.05) is 39.8 Å². The molecule has 7 heteroatoms. The molecule has 2 fully saturated rings. The van der Waals surface area contributed by atoms with Crippen LogP contribution in [0.1, 0.15) is 61.5 Å². The summed E-state index contributed by atoms with van der Waals surface area (Å²) in [6.07, 6.45) is 5.32. The van der Waals surface area contributed by atoms with Crippen molar-refractivity contribution in [2.24, 2.45) is 5.92 Å². The van der Waals surface area contributed by atoms with Crippen LogP contribution in [-0.2, 0) is 15.1 Å². The zero-order valence-electron chi connectivity index (χ0n) is 17.5. The van der Waals surface area contributed by atoms with Gasteiger partial charge in [-0.05, 0) is 64.6 Å². The number of hydrogen-bond acceptors (Lipinski definition) is 6. The highest BCUT2D eigenvalue weighted by atomic mass is 16.6. The Morgan fingerprint density at radius 3 is 2.72 bits per heavy atom. The molecule has 29 heavy (non-hydrogen) atoms. The second-order valence-electron chi connectivity index (χ2n) is 8.45. The second-order valence-corrected chi connectivity index (χ2v) is 8.45. The van der Waals surface area contributed by atoms with Gasteiger partial charge in [-0.15, -0.1) is 0 Å². The maximum absolute atomic E-state index is 12.9. The Balaban J connectivity index is 1.37. The van der Waals surface area contributed by atoms with Crippen LogP contribution in [0, 0.1) is 5.92 Å². The molecular formula is C22H31N3O4. The first-order chi connectivity index (χ1) is 14.0. The lowest BCUT2D eigenvalue weighted by Crippen LogP contribution is -2.41. The average Bonchev–Trinajstić information content (AvgIpc) is 3.34. The van der Waals surface area contributed by atoms with E-state index in [0.717, 1.165) is 44.6 Å². The largest absolute Gasteiger partial charge is 0.478 e. The number of rotatable bonds is 6. The molecule has 1 amide bonds. The molecule has 1 spiro atoms. The minimum atomic E-state index is -0.630. The summed E-state index contributed by atoms with van der Waals surface area (Å²) in [4.78, 5) is 34.0. The summed E-state index contributed by atoms with van der Waals surface area (Å²) in [6.45, 7) is 6.42. The number of likely N-dealkylation sites (tertiary alicyclic amines) is 1. The van der Waals surface area contributed by atoms with Gasteiger partial charge in [0.25, 0.3) is 0 Å². The minimum absolute atomic E-state index is 0.00242. The van der Waals surface area contributed by atoms with Gasteiger partial charge in [0.1, 0.15) is 5.60 Å². The summed E-state index contributed by atoms with van der Waals surface area (Å²) in [6, 6.07) is 3.71. The SMILES string of the molecule is CCOc1ccc2c(n1)C(=O)OC21CCC(C(=O)N(C)CCN2CCCC2)CC1. The third-order valence-corrected chi connectivity index (χ3v) is 6.60. The molecule has 0 bridgehead atoms. The molecule has 0 aromatic carbocycles. The van der Waals surface area contributed by atoms with Gasteiger partial charge in [-0.1, -0.05) is 0 Å². The summed E-state index contributed by atoms with van der Waals surface area (Å²) in [5.41, 5.74) is 0.581. The monoisotopic (exact) mass is 401 g/mol. The first kappa shape index (κ1) is 20.1. The molecule has 0 radical (unpaired) electrons. The molecule has 158 valence electrons. The van der Waals surface area contributed by atoms with Crippen LogP contribution in [-0.4, -0.2) is 66.5 Å². The van der Waals surface area contributed by atoms with Gasteiger partial charge >= 0.3 is 5.97 Å². The molecule has 3 heterocycles. The van der Waals surface area contributed by atoms with Crippen LogP contribution in [0.4, 0.5) is 0 Å². The number of aromatic nitrogens is 1. The predicted molar refractivity (Wildman–Crippen MR) is 108 cm³/mol. The highest BCUT2D eigenvalue weighted by molar-refractivity contribution is 5.93. The molecule has 0 atom stereocenters. The molecule has 2 aliphatic heterocycles. The van der Waals surface area contributed by atoms with E-state index in [1.165, 1.54) is 12.8 Å². The fourth-order valence-corrected chi connectivity index (χ4v) is 4.90. The van der Waals surface area contributed by atoms with E-state index in [1.54, 1.807) is 6.07 Å². The van der Waals surface area contributed by atoms with Crippen molar-refractivity contribution in [1.82, 2.24) is 14.8 Å². The standard InChI is InChI=1S/C22H31N3O4/c1-3-28-18-7-6-17-19(23-18)21(27)29-22(17)10-8-16(9-11-22)20(26)24(2)14-15-25-12-4-5-13-25/h6-7,16H,3-5,8-15H2,1-2H3.